The number of benzene rings is 2. The number of hydrogen-bond acceptors (Lipinski definition) is 3. The minimum Gasteiger partial charge on any atom is -0.378 e. The quantitative estimate of drug-likeness (QED) is 0.844. The largest absolute Gasteiger partial charge is 0.378 e. The number of rotatable bonds is 5. The summed E-state index contributed by atoms with van der Waals surface area (Å²) in [6, 6.07) is 14.4. The monoisotopic (exact) mass is 331 g/mol. The molecule has 2 rings (SSSR count). The van der Waals surface area contributed by atoms with Gasteiger partial charge in [0.05, 0.1) is 6.54 Å². The summed E-state index contributed by atoms with van der Waals surface area (Å²) in [5.41, 5.74) is 2.05. The summed E-state index contributed by atoms with van der Waals surface area (Å²) in [5, 5.41) is 3.04. The third-order valence-electron chi connectivity index (χ3n) is 2.89. The summed E-state index contributed by atoms with van der Waals surface area (Å²) in [6.45, 7) is 1.72. The van der Waals surface area contributed by atoms with Crippen molar-refractivity contribution in [2.75, 3.05) is 11.9 Å². The highest BCUT2D eigenvalue weighted by Gasteiger charge is 2.06. The summed E-state index contributed by atoms with van der Waals surface area (Å²) in [6.07, 6.45) is 0. The number of nitrogens with one attached hydrogen (secondary N) is 1. The number of carbonyl (C=O) groups excluding carboxylic acids is 2. The first-order valence-corrected chi connectivity index (χ1v) is 6.99. The Balaban J connectivity index is 2.01. The van der Waals surface area contributed by atoms with E-state index < -0.39 is 0 Å². The third-order valence-corrected chi connectivity index (χ3v) is 3.42. The van der Waals surface area contributed by atoms with Crippen molar-refractivity contribution in [1.29, 1.82) is 0 Å². The molecule has 0 radical (unpaired) electrons. The molecule has 0 fully saturated rings. The molecule has 3 nitrogen and oxygen atoms in total. The summed E-state index contributed by atoms with van der Waals surface area (Å²) in [7, 11) is 0. The predicted molar refractivity (Wildman–Crippen MR) is 83.4 cm³/mol. The smallest absolute Gasteiger partial charge is 0.181 e. The predicted octanol–water partition coefficient (Wildman–Crippen LogP) is 3.95. The van der Waals surface area contributed by atoms with Crippen molar-refractivity contribution in [2.24, 2.45) is 0 Å². The fraction of sp³-hybridized carbons (Fsp3) is 0.125. The Morgan fingerprint density at radius 1 is 1.05 bits per heavy atom. The molecule has 0 atom stereocenters. The second kappa shape index (κ2) is 6.48. The molecular formula is C16H14BrNO2. The summed E-state index contributed by atoms with van der Waals surface area (Å²) in [4.78, 5) is 23.3. The van der Waals surface area contributed by atoms with Crippen LogP contribution in [0, 0.1) is 0 Å². The van der Waals surface area contributed by atoms with Gasteiger partial charge in [0.25, 0.3) is 0 Å². The molecular weight excluding hydrogens is 318 g/mol. The maximum Gasteiger partial charge on any atom is 0.181 e. The van der Waals surface area contributed by atoms with E-state index in [9.17, 15) is 9.59 Å². The van der Waals surface area contributed by atoms with Crippen LogP contribution in [-0.4, -0.2) is 18.1 Å². The van der Waals surface area contributed by atoms with Gasteiger partial charge in [-0.15, -0.1) is 0 Å². The van der Waals surface area contributed by atoms with Gasteiger partial charge in [-0.05, 0) is 31.2 Å². The normalized spacial score (nSPS) is 10.1. The van der Waals surface area contributed by atoms with Gasteiger partial charge < -0.3 is 5.32 Å². The standard InChI is InChI=1S/C16H14BrNO2/c1-11(19)13-3-2-4-15(9-13)18-10-16(20)12-5-7-14(17)8-6-12/h2-9,18H,10H2,1H3. The van der Waals surface area contributed by atoms with E-state index in [1.54, 1.807) is 30.3 Å². The second-order valence-corrected chi connectivity index (χ2v) is 5.34. The molecule has 0 saturated carbocycles. The zero-order valence-electron chi connectivity index (χ0n) is 11.0. The Kier molecular flexibility index (Phi) is 4.69. The fourth-order valence-corrected chi connectivity index (χ4v) is 2.03. The van der Waals surface area contributed by atoms with E-state index in [4.69, 9.17) is 0 Å². The number of anilines is 1. The van der Waals surface area contributed by atoms with Gasteiger partial charge in [-0.2, -0.15) is 0 Å². The lowest BCUT2D eigenvalue weighted by atomic mass is 10.1. The molecule has 20 heavy (non-hydrogen) atoms. The van der Waals surface area contributed by atoms with Crippen molar-refractivity contribution < 1.29 is 9.59 Å². The summed E-state index contributed by atoms with van der Waals surface area (Å²) in [5.74, 6) is 0.0126. The molecule has 0 bridgehead atoms. The Labute approximate surface area is 126 Å². The fourth-order valence-electron chi connectivity index (χ4n) is 1.77. The minimum atomic E-state index is 0.00530. The highest BCUT2D eigenvalue weighted by atomic mass is 79.9. The molecule has 2 aromatic rings. The van der Waals surface area contributed by atoms with Crippen LogP contribution in [0.15, 0.2) is 53.0 Å². The van der Waals surface area contributed by atoms with Crippen molar-refractivity contribution in [3.05, 3.63) is 64.1 Å². The Morgan fingerprint density at radius 2 is 1.75 bits per heavy atom. The summed E-state index contributed by atoms with van der Waals surface area (Å²) >= 11 is 3.33. The topological polar surface area (TPSA) is 46.2 Å². The van der Waals surface area contributed by atoms with Crippen LogP contribution in [-0.2, 0) is 0 Å². The first-order valence-electron chi connectivity index (χ1n) is 6.20. The van der Waals surface area contributed by atoms with Crippen LogP contribution < -0.4 is 5.32 Å². The zero-order chi connectivity index (χ0) is 14.5. The zero-order valence-corrected chi connectivity index (χ0v) is 12.6. The number of hydrogen-bond donors (Lipinski definition) is 1. The van der Waals surface area contributed by atoms with Crippen molar-refractivity contribution in [3.63, 3.8) is 0 Å². The summed E-state index contributed by atoms with van der Waals surface area (Å²) < 4.78 is 0.941. The molecule has 0 spiro atoms. The Morgan fingerprint density at radius 3 is 2.40 bits per heavy atom. The maximum atomic E-state index is 12.0. The van der Waals surface area contributed by atoms with Gasteiger partial charge in [-0.3, -0.25) is 9.59 Å². The van der Waals surface area contributed by atoms with E-state index in [1.165, 1.54) is 6.92 Å². The van der Waals surface area contributed by atoms with Gasteiger partial charge in [-0.1, -0.05) is 40.2 Å². The van der Waals surface area contributed by atoms with E-state index in [1.807, 2.05) is 18.2 Å². The van der Waals surface area contributed by atoms with Crippen molar-refractivity contribution in [2.45, 2.75) is 6.92 Å². The molecule has 102 valence electrons. The average Bonchev–Trinajstić information content (AvgIpc) is 2.46. The van der Waals surface area contributed by atoms with E-state index >= 15 is 0 Å². The van der Waals surface area contributed by atoms with Gasteiger partial charge >= 0.3 is 0 Å². The lowest BCUT2D eigenvalue weighted by molar-refractivity contribution is 0.100. The SMILES string of the molecule is CC(=O)c1cccc(NCC(=O)c2ccc(Br)cc2)c1. The van der Waals surface area contributed by atoms with E-state index in [-0.39, 0.29) is 18.1 Å². The van der Waals surface area contributed by atoms with E-state index in [0.717, 1.165) is 10.2 Å². The maximum absolute atomic E-state index is 12.0. The molecule has 0 aromatic heterocycles. The molecule has 2 aromatic carbocycles. The second-order valence-electron chi connectivity index (χ2n) is 4.42. The van der Waals surface area contributed by atoms with Crippen molar-refractivity contribution in [3.8, 4) is 0 Å². The number of carbonyl (C=O) groups is 2. The lowest BCUT2D eigenvalue weighted by Gasteiger charge is -2.07. The van der Waals surface area contributed by atoms with Gasteiger partial charge in [0, 0.05) is 21.3 Å². The van der Waals surface area contributed by atoms with Crippen molar-refractivity contribution >= 4 is 33.2 Å². The highest BCUT2D eigenvalue weighted by molar-refractivity contribution is 9.10. The molecule has 0 aliphatic heterocycles. The van der Waals surface area contributed by atoms with Crippen LogP contribution in [0.2, 0.25) is 0 Å². The van der Waals surface area contributed by atoms with Crippen LogP contribution in [0.4, 0.5) is 5.69 Å². The number of ketones is 2. The van der Waals surface area contributed by atoms with Gasteiger partial charge in [0.2, 0.25) is 0 Å². The van der Waals surface area contributed by atoms with Crippen LogP contribution >= 0.6 is 15.9 Å². The first-order chi connectivity index (χ1) is 9.56. The molecule has 4 heteroatoms. The molecule has 0 unspecified atom stereocenters. The molecule has 0 amide bonds. The van der Waals surface area contributed by atoms with Gasteiger partial charge in [0.1, 0.15) is 0 Å². The van der Waals surface area contributed by atoms with Crippen LogP contribution in [0.5, 0.6) is 0 Å². The lowest BCUT2D eigenvalue weighted by Crippen LogP contribution is -2.14. The van der Waals surface area contributed by atoms with Crippen molar-refractivity contribution in [1.82, 2.24) is 0 Å². The number of halogens is 1. The molecule has 0 heterocycles. The highest BCUT2D eigenvalue weighted by Crippen LogP contribution is 2.13. The van der Waals surface area contributed by atoms with Crippen LogP contribution in [0.25, 0.3) is 0 Å². The minimum absolute atomic E-state index is 0.00530. The molecule has 0 aliphatic carbocycles. The Hall–Kier alpha value is -1.94. The van der Waals surface area contributed by atoms with Crippen LogP contribution in [0.1, 0.15) is 27.6 Å². The number of Topliss-reactive ketones (excluding diaryl/α,β-unsaturated/α-hetero) is 2. The molecule has 1 N–H and O–H groups in total. The molecule has 0 saturated heterocycles. The van der Waals surface area contributed by atoms with Gasteiger partial charge in [-0.25, -0.2) is 0 Å². The first kappa shape index (κ1) is 14.5. The molecule has 0 aliphatic rings. The average molecular weight is 332 g/mol. The van der Waals surface area contributed by atoms with E-state index in [2.05, 4.69) is 21.2 Å². The van der Waals surface area contributed by atoms with Gasteiger partial charge in [0.15, 0.2) is 11.6 Å². The third kappa shape index (κ3) is 3.78. The van der Waals surface area contributed by atoms with Crippen LogP contribution in [0.3, 0.4) is 0 Å². The van der Waals surface area contributed by atoms with E-state index in [0.29, 0.717) is 11.1 Å². The Bertz CT molecular complexity index is 635.